The van der Waals surface area contributed by atoms with Gasteiger partial charge in [0.2, 0.25) is 0 Å². The van der Waals surface area contributed by atoms with Crippen molar-refractivity contribution >= 4 is 16.9 Å². The molecule has 0 saturated heterocycles. The highest BCUT2D eigenvalue weighted by atomic mass is 19.1. The van der Waals surface area contributed by atoms with E-state index in [9.17, 15) is 9.18 Å². The third kappa shape index (κ3) is 2.72. The monoisotopic (exact) mass is 327 g/mol. The number of benzene rings is 2. The molecule has 24 heavy (non-hydrogen) atoms. The lowest BCUT2D eigenvalue weighted by atomic mass is 10.1. The van der Waals surface area contributed by atoms with Crippen LogP contribution in [0, 0.1) is 5.82 Å². The molecule has 122 valence electrons. The Morgan fingerprint density at radius 1 is 1.21 bits per heavy atom. The Balaban J connectivity index is 1.54. The van der Waals surface area contributed by atoms with Gasteiger partial charge in [-0.1, -0.05) is 18.2 Å². The molecule has 0 unspecified atom stereocenters. The highest BCUT2D eigenvalue weighted by molar-refractivity contribution is 5.96. The van der Waals surface area contributed by atoms with E-state index >= 15 is 0 Å². The minimum Gasteiger partial charge on any atom is -0.467 e. The van der Waals surface area contributed by atoms with Gasteiger partial charge in [0.05, 0.1) is 6.61 Å². The van der Waals surface area contributed by atoms with Crippen LogP contribution in [-0.2, 0) is 17.9 Å². The summed E-state index contributed by atoms with van der Waals surface area (Å²) in [5.74, 6) is 0.0189. The van der Waals surface area contributed by atoms with Gasteiger partial charge in [0.15, 0.2) is 12.6 Å². The first-order chi connectivity index (χ1) is 11.7. The second-order valence-electron chi connectivity index (χ2n) is 5.49. The summed E-state index contributed by atoms with van der Waals surface area (Å²) in [6.45, 7) is 0.538. The first-order valence-corrected chi connectivity index (χ1v) is 7.49. The van der Waals surface area contributed by atoms with E-state index in [0.717, 1.165) is 5.39 Å². The van der Waals surface area contributed by atoms with Crippen molar-refractivity contribution in [3.63, 3.8) is 0 Å². The Morgan fingerprint density at radius 2 is 2.08 bits per heavy atom. The summed E-state index contributed by atoms with van der Waals surface area (Å²) >= 11 is 0. The van der Waals surface area contributed by atoms with Gasteiger partial charge >= 0.3 is 0 Å². The number of para-hydroxylation sites is 1. The lowest BCUT2D eigenvalue weighted by molar-refractivity contribution is -0.0173. The number of hydrogen-bond acceptors (Lipinski definition) is 4. The van der Waals surface area contributed by atoms with Crippen molar-refractivity contribution in [2.24, 2.45) is 0 Å². The average Bonchev–Trinajstić information content (AvgIpc) is 3.03. The molecule has 0 atom stereocenters. The number of furan rings is 1. The molecule has 0 bridgehead atoms. The maximum Gasteiger partial charge on any atom is 0.287 e. The quantitative estimate of drug-likeness (QED) is 0.801. The number of rotatable bonds is 3. The smallest absolute Gasteiger partial charge is 0.287 e. The van der Waals surface area contributed by atoms with Crippen LogP contribution >= 0.6 is 0 Å². The summed E-state index contributed by atoms with van der Waals surface area (Å²) in [7, 11) is 0. The molecule has 2 aromatic carbocycles. The standard InChI is InChI=1S/C18H14FNO4/c19-14-5-12(17-13(6-14)9-22-10-23-17)8-20-18(21)16-7-11-3-1-2-4-15(11)24-16/h1-7H,8-10H2,(H,20,21). The lowest BCUT2D eigenvalue weighted by Gasteiger charge is -2.20. The number of ether oxygens (including phenoxy) is 2. The normalized spacial score (nSPS) is 13.4. The van der Waals surface area contributed by atoms with Gasteiger partial charge in [0, 0.05) is 23.1 Å². The maximum absolute atomic E-state index is 13.7. The first-order valence-electron chi connectivity index (χ1n) is 7.49. The number of amides is 1. The zero-order valence-corrected chi connectivity index (χ0v) is 12.7. The second-order valence-corrected chi connectivity index (χ2v) is 5.49. The molecule has 1 aliphatic rings. The molecule has 6 heteroatoms. The van der Waals surface area contributed by atoms with Gasteiger partial charge in [-0.25, -0.2) is 4.39 Å². The number of carbonyl (C=O) groups is 1. The van der Waals surface area contributed by atoms with Gasteiger partial charge < -0.3 is 19.2 Å². The minimum absolute atomic E-state index is 0.114. The van der Waals surface area contributed by atoms with Crippen molar-refractivity contribution in [3.8, 4) is 5.75 Å². The fourth-order valence-corrected chi connectivity index (χ4v) is 2.74. The largest absolute Gasteiger partial charge is 0.467 e. The molecule has 0 saturated carbocycles. The van der Waals surface area contributed by atoms with Gasteiger partial charge in [-0.3, -0.25) is 4.79 Å². The summed E-state index contributed by atoms with van der Waals surface area (Å²) in [6, 6.07) is 11.8. The van der Waals surface area contributed by atoms with E-state index in [1.165, 1.54) is 12.1 Å². The number of hydrogen-bond donors (Lipinski definition) is 1. The van der Waals surface area contributed by atoms with Gasteiger partial charge in [-0.15, -0.1) is 0 Å². The Bertz CT molecular complexity index is 886. The van der Waals surface area contributed by atoms with Gasteiger partial charge in [0.1, 0.15) is 17.1 Å². The van der Waals surface area contributed by atoms with Gasteiger partial charge in [-0.2, -0.15) is 0 Å². The zero-order valence-electron chi connectivity index (χ0n) is 12.7. The predicted octanol–water partition coefficient (Wildman–Crippen LogP) is 3.37. The molecule has 0 radical (unpaired) electrons. The van der Waals surface area contributed by atoms with Crippen molar-refractivity contribution < 1.29 is 23.1 Å². The van der Waals surface area contributed by atoms with Crippen molar-refractivity contribution in [2.75, 3.05) is 6.79 Å². The third-order valence-corrected chi connectivity index (χ3v) is 3.84. The van der Waals surface area contributed by atoms with Crippen LogP contribution < -0.4 is 10.1 Å². The number of nitrogens with one attached hydrogen (secondary N) is 1. The topological polar surface area (TPSA) is 60.7 Å². The first kappa shape index (κ1) is 14.7. The Labute approximate surface area is 137 Å². The van der Waals surface area contributed by atoms with Crippen molar-refractivity contribution in [1.82, 2.24) is 5.32 Å². The van der Waals surface area contributed by atoms with Crippen LogP contribution in [0.2, 0.25) is 0 Å². The predicted molar refractivity (Wildman–Crippen MR) is 84.1 cm³/mol. The summed E-state index contributed by atoms with van der Waals surface area (Å²) < 4.78 is 29.8. The molecule has 0 spiro atoms. The summed E-state index contributed by atoms with van der Waals surface area (Å²) in [4.78, 5) is 12.3. The summed E-state index contributed by atoms with van der Waals surface area (Å²) in [5, 5.41) is 3.59. The average molecular weight is 327 g/mol. The van der Waals surface area contributed by atoms with Crippen LogP contribution in [-0.4, -0.2) is 12.7 Å². The van der Waals surface area contributed by atoms with E-state index in [2.05, 4.69) is 5.32 Å². The molecule has 1 aromatic heterocycles. The van der Waals surface area contributed by atoms with Crippen molar-refractivity contribution in [1.29, 1.82) is 0 Å². The molecule has 1 N–H and O–H groups in total. The van der Waals surface area contributed by atoms with Crippen molar-refractivity contribution in [2.45, 2.75) is 13.2 Å². The molecular weight excluding hydrogens is 313 g/mol. The van der Waals surface area contributed by atoms with E-state index in [1.54, 1.807) is 12.1 Å². The van der Waals surface area contributed by atoms with Crippen LogP contribution in [0.3, 0.4) is 0 Å². The maximum atomic E-state index is 13.7. The molecule has 0 fully saturated rings. The molecule has 0 aliphatic carbocycles. The number of fused-ring (bicyclic) bond motifs is 2. The molecule has 2 heterocycles. The van der Waals surface area contributed by atoms with Crippen molar-refractivity contribution in [3.05, 3.63) is 65.2 Å². The van der Waals surface area contributed by atoms with Gasteiger partial charge in [-0.05, 0) is 24.3 Å². The van der Waals surface area contributed by atoms with Crippen LogP contribution in [0.15, 0.2) is 46.9 Å². The van der Waals surface area contributed by atoms with Crippen LogP contribution in [0.1, 0.15) is 21.7 Å². The SMILES string of the molecule is O=C(NCc1cc(F)cc2c1OCOC2)c1cc2ccccc2o1. The van der Waals surface area contributed by atoms with E-state index in [1.807, 2.05) is 18.2 Å². The third-order valence-electron chi connectivity index (χ3n) is 3.84. The fraction of sp³-hybridized carbons (Fsp3) is 0.167. The van der Waals surface area contributed by atoms with Crippen LogP contribution in [0.5, 0.6) is 5.75 Å². The summed E-state index contributed by atoms with van der Waals surface area (Å²) in [5.41, 5.74) is 1.85. The van der Waals surface area contributed by atoms with Crippen LogP contribution in [0.25, 0.3) is 11.0 Å². The van der Waals surface area contributed by atoms with E-state index in [-0.39, 0.29) is 31.6 Å². The molecule has 1 amide bonds. The molecule has 3 aromatic rings. The fourth-order valence-electron chi connectivity index (χ4n) is 2.74. The Morgan fingerprint density at radius 3 is 2.96 bits per heavy atom. The minimum atomic E-state index is -0.393. The van der Waals surface area contributed by atoms with E-state index in [4.69, 9.17) is 13.9 Å². The molecule has 1 aliphatic heterocycles. The Kier molecular flexibility index (Phi) is 3.66. The van der Waals surface area contributed by atoms with E-state index in [0.29, 0.717) is 22.5 Å². The molecular formula is C18H14FNO4. The zero-order chi connectivity index (χ0) is 16.5. The lowest BCUT2D eigenvalue weighted by Crippen LogP contribution is -2.24. The van der Waals surface area contributed by atoms with E-state index < -0.39 is 5.82 Å². The Hall–Kier alpha value is -2.86. The van der Waals surface area contributed by atoms with Crippen LogP contribution in [0.4, 0.5) is 4.39 Å². The molecule has 5 nitrogen and oxygen atoms in total. The molecule has 4 rings (SSSR count). The number of halogens is 1. The second kappa shape index (κ2) is 5.98. The number of carbonyl (C=O) groups excluding carboxylic acids is 1. The highest BCUT2D eigenvalue weighted by Gasteiger charge is 2.18. The van der Waals surface area contributed by atoms with Gasteiger partial charge in [0.25, 0.3) is 5.91 Å². The highest BCUT2D eigenvalue weighted by Crippen LogP contribution is 2.29. The summed E-state index contributed by atoms with van der Waals surface area (Å²) in [6.07, 6.45) is 0.